The first kappa shape index (κ1) is 18.8. The van der Waals surface area contributed by atoms with Crippen LogP contribution in [-0.2, 0) is 4.79 Å². The van der Waals surface area contributed by atoms with Crippen molar-refractivity contribution in [3.05, 3.63) is 29.8 Å². The summed E-state index contributed by atoms with van der Waals surface area (Å²) in [5.41, 5.74) is 0.755. The van der Waals surface area contributed by atoms with Crippen molar-refractivity contribution < 1.29 is 19.5 Å². The number of carbonyl (C=O) groups is 3. The van der Waals surface area contributed by atoms with Crippen LogP contribution in [0.3, 0.4) is 0 Å². The zero-order valence-electron chi connectivity index (χ0n) is 14.8. The largest absolute Gasteiger partial charge is 0.481 e. The molecule has 1 unspecified atom stereocenters. The third kappa shape index (κ3) is 5.48. The quantitative estimate of drug-likeness (QED) is 0.782. The highest BCUT2D eigenvalue weighted by molar-refractivity contribution is 5.96. The van der Waals surface area contributed by atoms with E-state index in [0.29, 0.717) is 30.6 Å². The van der Waals surface area contributed by atoms with E-state index in [4.69, 9.17) is 5.11 Å². The molecule has 0 radical (unpaired) electrons. The molecular weight excluding hydrogens is 322 g/mol. The van der Waals surface area contributed by atoms with Gasteiger partial charge in [0.2, 0.25) is 0 Å². The van der Waals surface area contributed by atoms with Gasteiger partial charge in [-0.15, -0.1) is 0 Å². The van der Waals surface area contributed by atoms with Crippen molar-refractivity contribution in [3.8, 4) is 0 Å². The summed E-state index contributed by atoms with van der Waals surface area (Å²) >= 11 is 0. The molecule has 1 aromatic rings. The first-order valence-corrected chi connectivity index (χ1v) is 8.37. The Morgan fingerprint density at radius 2 is 1.80 bits per heavy atom. The Morgan fingerprint density at radius 3 is 2.36 bits per heavy atom. The standard InChI is InChI=1S/C18H25N3O4/c1-18(2,3)20-15(22)12-6-8-14(9-7-12)19-17(25)21-10-4-5-13(11-21)16(23)24/h6-9,13H,4-5,10-11H2,1-3H3,(H,19,25)(H,20,22)(H,23,24). The summed E-state index contributed by atoms with van der Waals surface area (Å²) in [5, 5.41) is 14.7. The van der Waals surface area contributed by atoms with Crippen LogP contribution in [0.25, 0.3) is 0 Å². The van der Waals surface area contributed by atoms with Gasteiger partial charge in [-0.2, -0.15) is 0 Å². The molecule has 0 aliphatic carbocycles. The second kappa shape index (κ2) is 7.55. The van der Waals surface area contributed by atoms with Crippen LogP contribution >= 0.6 is 0 Å². The summed E-state index contributed by atoms with van der Waals surface area (Å²) in [7, 11) is 0. The molecule has 136 valence electrons. The number of aliphatic carboxylic acids is 1. The molecule has 2 rings (SSSR count). The van der Waals surface area contributed by atoms with Gasteiger partial charge >= 0.3 is 12.0 Å². The smallest absolute Gasteiger partial charge is 0.321 e. The number of carboxylic acids is 1. The van der Waals surface area contributed by atoms with E-state index >= 15 is 0 Å². The number of carbonyl (C=O) groups excluding carboxylic acids is 2. The second-order valence-electron chi connectivity index (χ2n) is 7.34. The van der Waals surface area contributed by atoms with Gasteiger partial charge < -0.3 is 20.6 Å². The zero-order chi connectivity index (χ0) is 18.6. The number of likely N-dealkylation sites (tertiary alicyclic amines) is 1. The summed E-state index contributed by atoms with van der Waals surface area (Å²) in [6.07, 6.45) is 1.27. The fourth-order valence-corrected chi connectivity index (χ4v) is 2.68. The monoisotopic (exact) mass is 347 g/mol. The lowest BCUT2D eigenvalue weighted by molar-refractivity contribution is -0.143. The maximum absolute atomic E-state index is 12.3. The molecule has 0 saturated carbocycles. The van der Waals surface area contributed by atoms with Gasteiger partial charge in [-0.25, -0.2) is 4.79 Å². The number of hydrogen-bond donors (Lipinski definition) is 3. The van der Waals surface area contributed by atoms with Crippen molar-refractivity contribution in [3.63, 3.8) is 0 Å². The minimum atomic E-state index is -0.869. The molecule has 3 amide bonds. The maximum Gasteiger partial charge on any atom is 0.321 e. The molecule has 1 atom stereocenters. The van der Waals surface area contributed by atoms with E-state index in [9.17, 15) is 14.4 Å². The van der Waals surface area contributed by atoms with Crippen LogP contribution in [0.2, 0.25) is 0 Å². The van der Waals surface area contributed by atoms with Crippen LogP contribution < -0.4 is 10.6 Å². The van der Waals surface area contributed by atoms with Crippen molar-refractivity contribution in [1.29, 1.82) is 0 Å². The first-order valence-electron chi connectivity index (χ1n) is 8.37. The zero-order valence-corrected chi connectivity index (χ0v) is 14.8. The van der Waals surface area contributed by atoms with E-state index in [0.717, 1.165) is 0 Å². The maximum atomic E-state index is 12.3. The Kier molecular flexibility index (Phi) is 5.66. The summed E-state index contributed by atoms with van der Waals surface area (Å²) in [4.78, 5) is 37.0. The van der Waals surface area contributed by atoms with Crippen LogP contribution in [-0.4, -0.2) is 46.5 Å². The normalized spacial score (nSPS) is 17.7. The molecule has 0 bridgehead atoms. The highest BCUT2D eigenvalue weighted by atomic mass is 16.4. The van der Waals surface area contributed by atoms with E-state index in [1.54, 1.807) is 24.3 Å². The van der Waals surface area contributed by atoms with Crippen LogP contribution in [0.1, 0.15) is 44.0 Å². The van der Waals surface area contributed by atoms with Gasteiger partial charge in [0, 0.05) is 29.9 Å². The van der Waals surface area contributed by atoms with Gasteiger partial charge in [-0.3, -0.25) is 9.59 Å². The van der Waals surface area contributed by atoms with Gasteiger partial charge in [0.15, 0.2) is 0 Å². The number of amides is 3. The Morgan fingerprint density at radius 1 is 1.16 bits per heavy atom. The van der Waals surface area contributed by atoms with Gasteiger partial charge in [0.25, 0.3) is 5.91 Å². The van der Waals surface area contributed by atoms with Gasteiger partial charge in [-0.05, 0) is 57.9 Å². The summed E-state index contributed by atoms with van der Waals surface area (Å²) < 4.78 is 0. The Labute approximate surface area is 147 Å². The highest BCUT2D eigenvalue weighted by Crippen LogP contribution is 2.18. The van der Waals surface area contributed by atoms with Crippen LogP contribution in [0, 0.1) is 5.92 Å². The van der Waals surface area contributed by atoms with Gasteiger partial charge in [0.1, 0.15) is 0 Å². The number of carboxylic acid groups (broad SMARTS) is 1. The Balaban J connectivity index is 1.95. The lowest BCUT2D eigenvalue weighted by Crippen LogP contribution is -2.44. The third-order valence-electron chi connectivity index (χ3n) is 3.94. The number of rotatable bonds is 3. The van der Waals surface area contributed by atoms with Crippen molar-refractivity contribution in [2.45, 2.75) is 39.2 Å². The number of nitrogens with one attached hydrogen (secondary N) is 2. The molecule has 25 heavy (non-hydrogen) atoms. The van der Waals surface area contributed by atoms with E-state index in [1.165, 1.54) is 4.90 Å². The number of benzene rings is 1. The Hall–Kier alpha value is -2.57. The number of piperidine rings is 1. The van der Waals surface area contributed by atoms with Crippen molar-refractivity contribution >= 4 is 23.6 Å². The van der Waals surface area contributed by atoms with Crippen LogP contribution in [0.4, 0.5) is 10.5 Å². The minimum Gasteiger partial charge on any atom is -0.481 e. The summed E-state index contributed by atoms with van der Waals surface area (Å²) in [6, 6.07) is 6.29. The van der Waals surface area contributed by atoms with E-state index < -0.39 is 11.9 Å². The van der Waals surface area contributed by atoms with Crippen molar-refractivity contribution in [2.24, 2.45) is 5.92 Å². The van der Waals surface area contributed by atoms with Crippen LogP contribution in [0.15, 0.2) is 24.3 Å². The molecule has 1 saturated heterocycles. The Bertz CT molecular complexity index is 649. The molecule has 7 nitrogen and oxygen atoms in total. The summed E-state index contributed by atoms with van der Waals surface area (Å²) in [6.45, 7) is 6.47. The predicted octanol–water partition coefficient (Wildman–Crippen LogP) is 2.54. The second-order valence-corrected chi connectivity index (χ2v) is 7.34. The summed E-state index contributed by atoms with van der Waals surface area (Å²) in [5.74, 6) is -1.56. The molecular formula is C18H25N3O4. The number of hydrogen-bond acceptors (Lipinski definition) is 3. The molecule has 1 aliphatic heterocycles. The molecule has 1 heterocycles. The molecule has 0 aromatic heterocycles. The predicted molar refractivity (Wildman–Crippen MR) is 94.6 cm³/mol. The number of urea groups is 1. The van der Waals surface area contributed by atoms with E-state index in [2.05, 4.69) is 10.6 Å². The van der Waals surface area contributed by atoms with Crippen molar-refractivity contribution in [1.82, 2.24) is 10.2 Å². The number of anilines is 1. The minimum absolute atomic E-state index is 0.175. The van der Waals surface area contributed by atoms with Gasteiger partial charge in [-0.1, -0.05) is 0 Å². The van der Waals surface area contributed by atoms with E-state index in [1.807, 2.05) is 20.8 Å². The average molecular weight is 347 g/mol. The van der Waals surface area contributed by atoms with Gasteiger partial charge in [0.05, 0.1) is 5.92 Å². The van der Waals surface area contributed by atoms with Crippen LogP contribution in [0.5, 0.6) is 0 Å². The molecule has 1 aromatic carbocycles. The molecule has 3 N–H and O–H groups in total. The molecule has 7 heteroatoms. The topological polar surface area (TPSA) is 98.7 Å². The molecule has 1 aliphatic rings. The fourth-order valence-electron chi connectivity index (χ4n) is 2.68. The number of nitrogens with zero attached hydrogens (tertiary/aromatic N) is 1. The molecule has 1 fully saturated rings. The third-order valence-corrected chi connectivity index (χ3v) is 3.94. The lowest BCUT2D eigenvalue weighted by atomic mass is 9.99. The van der Waals surface area contributed by atoms with Crippen molar-refractivity contribution in [2.75, 3.05) is 18.4 Å². The first-order chi connectivity index (χ1) is 11.7. The molecule has 0 spiro atoms. The van der Waals surface area contributed by atoms with E-state index in [-0.39, 0.29) is 24.0 Å². The highest BCUT2D eigenvalue weighted by Gasteiger charge is 2.28. The lowest BCUT2D eigenvalue weighted by Gasteiger charge is -2.30. The fraction of sp³-hybridized carbons (Fsp3) is 0.500. The SMILES string of the molecule is CC(C)(C)NC(=O)c1ccc(NC(=O)N2CCCC(C(=O)O)C2)cc1. The average Bonchev–Trinajstić information content (AvgIpc) is 2.54.